The smallest absolute Gasteiger partial charge is 0.269 e. The van der Waals surface area contributed by atoms with Crippen LogP contribution in [-0.2, 0) is 17.9 Å². The van der Waals surface area contributed by atoms with E-state index in [1.807, 2.05) is 42.4 Å². The van der Waals surface area contributed by atoms with Crippen molar-refractivity contribution < 1.29 is 27.9 Å². The fourth-order valence-corrected chi connectivity index (χ4v) is 3.90. The molecule has 0 saturated carbocycles. The van der Waals surface area contributed by atoms with Crippen molar-refractivity contribution in [2.45, 2.75) is 24.7 Å². The highest BCUT2D eigenvalue weighted by Gasteiger charge is 2.33. The fraction of sp³-hybridized carbons (Fsp3) is 0.417. The van der Waals surface area contributed by atoms with Crippen LogP contribution in [0.15, 0.2) is 24.3 Å². The molecule has 0 radical (unpaired) electrons. The first-order valence-corrected chi connectivity index (χ1v) is 13.0. The van der Waals surface area contributed by atoms with E-state index in [2.05, 4.69) is 0 Å². The first-order valence-electron chi connectivity index (χ1n) is 6.40. The number of aldehydes is 1. The van der Waals surface area contributed by atoms with Crippen molar-refractivity contribution in [3.8, 4) is 5.75 Å². The van der Waals surface area contributed by atoms with Crippen LogP contribution < -0.4 is 0 Å². The molecule has 0 aromatic heterocycles. The lowest BCUT2D eigenvalue weighted by Gasteiger charge is -2.31. The molecule has 1 aliphatic heterocycles. The predicted molar refractivity (Wildman–Crippen MR) is 108 cm³/mol. The zero-order chi connectivity index (χ0) is 17.9. The number of aromatic hydroxyl groups is 1. The minimum atomic E-state index is -0.514. The molecule has 1 heterocycles. The highest BCUT2D eigenvalue weighted by atomic mass is 127. The fourth-order valence-electron chi connectivity index (χ4n) is 1.73. The third-order valence-corrected chi connectivity index (χ3v) is 4.77. The maximum absolute atomic E-state index is 10.5. The maximum Gasteiger partial charge on any atom is 0.269 e. The first-order chi connectivity index (χ1) is 11.5. The number of non-ortho nitro benzene ring substituents is 1. The molecule has 0 amide bonds. The molecule has 24 heavy (non-hydrogen) atoms. The van der Waals surface area contributed by atoms with Gasteiger partial charge in [0.1, 0.15) is 30.3 Å². The average molecular weight is 601 g/mol. The van der Waals surface area contributed by atoms with Gasteiger partial charge in [0.2, 0.25) is 0 Å². The first kappa shape index (κ1) is 22.2. The number of benzene rings is 1. The normalized spacial score (nSPS) is 23.0. The predicted octanol–water partition coefficient (Wildman–Crippen LogP) is 4.04. The van der Waals surface area contributed by atoms with E-state index in [1.165, 1.54) is 42.7 Å². The molecule has 1 N–H and O–H groups in total. The summed E-state index contributed by atoms with van der Waals surface area (Å²) in [5.41, 5.74) is -0.0159. The number of phenolic OH excluding ortho intramolecular Hbond substituents is 1. The zero-order valence-electron chi connectivity index (χ0n) is 11.9. The molecule has 2 rings (SSSR count). The third kappa shape index (κ3) is 8.01. The summed E-state index contributed by atoms with van der Waals surface area (Å²) >= 11 is 4.10. The van der Waals surface area contributed by atoms with Gasteiger partial charge in [-0.05, 0) is 12.1 Å². The minimum absolute atomic E-state index is 0.0159. The van der Waals surface area contributed by atoms with Crippen molar-refractivity contribution in [2.75, 3.05) is 6.61 Å². The van der Waals surface area contributed by atoms with E-state index < -0.39 is 4.92 Å². The van der Waals surface area contributed by atoms with Gasteiger partial charge in [0.05, 0.1) is 30.0 Å². The summed E-state index contributed by atoms with van der Waals surface area (Å²) in [7, 11) is 2.51. The Morgan fingerprint density at radius 3 is 2.33 bits per heavy atom. The number of hydrogen-bond acceptors (Lipinski definition) is 9. The Morgan fingerprint density at radius 2 is 1.83 bits per heavy atom. The molecule has 3 unspecified atom stereocenters. The number of hydrogen-bond donors (Lipinski definition) is 1. The zero-order valence-corrected chi connectivity index (χ0v) is 17.9. The van der Waals surface area contributed by atoms with Gasteiger partial charge in [0.25, 0.3) is 5.69 Å². The van der Waals surface area contributed by atoms with Crippen LogP contribution in [-0.4, -0.2) is 41.2 Å². The molecule has 12 heteroatoms. The van der Waals surface area contributed by atoms with Gasteiger partial charge in [-0.2, -0.15) is 0 Å². The second-order valence-electron chi connectivity index (χ2n) is 4.41. The maximum atomic E-state index is 10.5. The van der Waals surface area contributed by atoms with Crippen molar-refractivity contribution in [2.24, 2.45) is 0 Å². The average Bonchev–Trinajstić information content (AvgIpc) is 2.58. The molecule has 0 spiro atoms. The number of ether oxygens (including phenoxy) is 1. The van der Waals surface area contributed by atoms with Gasteiger partial charge in [-0.15, -0.1) is 0 Å². The Kier molecular flexibility index (Phi) is 11.5. The van der Waals surface area contributed by atoms with E-state index in [0.29, 0.717) is 13.0 Å². The van der Waals surface area contributed by atoms with Crippen LogP contribution in [0.4, 0.5) is 5.69 Å². The van der Waals surface area contributed by atoms with E-state index >= 15 is 0 Å². The van der Waals surface area contributed by atoms with Gasteiger partial charge in [0.15, 0.2) is 0 Å². The molecule has 3 atom stereocenters. The van der Waals surface area contributed by atoms with Crippen LogP contribution in [0.3, 0.4) is 0 Å². The molecular weight excluding hydrogens is 588 g/mol. The Labute approximate surface area is 171 Å². The number of halogens is 2. The Morgan fingerprint density at radius 1 is 1.25 bits per heavy atom. The van der Waals surface area contributed by atoms with Gasteiger partial charge in [-0.25, -0.2) is 0 Å². The van der Waals surface area contributed by atoms with Gasteiger partial charge < -0.3 is 14.6 Å². The van der Waals surface area contributed by atoms with Crippen molar-refractivity contribution in [3.05, 3.63) is 34.4 Å². The summed E-state index contributed by atoms with van der Waals surface area (Å²) in [6.45, 7) is 0.404. The molecule has 0 bridgehead atoms. The highest BCUT2D eigenvalue weighted by molar-refractivity contribution is 14.2. The highest BCUT2D eigenvalue weighted by Crippen LogP contribution is 2.29. The summed E-state index contributed by atoms with van der Waals surface area (Å²) in [6, 6.07) is 5.04. The van der Waals surface area contributed by atoms with Crippen molar-refractivity contribution in [3.63, 3.8) is 0 Å². The second kappa shape index (κ2) is 12.5. The van der Waals surface area contributed by atoms with Crippen LogP contribution >= 0.6 is 60.8 Å². The number of nitro groups is 1. The molecule has 1 aromatic rings. The molecule has 1 aromatic carbocycles. The molecular formula is C12H13I2NO7S2. The third-order valence-electron chi connectivity index (χ3n) is 2.89. The molecule has 8 nitrogen and oxygen atoms in total. The number of nitrogens with zero attached hydrogens (tertiary/aromatic N) is 1. The van der Waals surface area contributed by atoms with Crippen molar-refractivity contribution in [1.82, 2.24) is 0 Å². The van der Waals surface area contributed by atoms with Crippen LogP contribution in [0.1, 0.15) is 6.42 Å². The van der Waals surface area contributed by atoms with E-state index in [-0.39, 0.29) is 29.7 Å². The summed E-state index contributed by atoms with van der Waals surface area (Å²) in [5, 5.41) is 18.8. The number of nitro benzene ring substituents is 1. The Bertz CT molecular complexity index is 523. The van der Waals surface area contributed by atoms with E-state index in [4.69, 9.17) is 18.2 Å². The van der Waals surface area contributed by atoms with Gasteiger partial charge >= 0.3 is 0 Å². The van der Waals surface area contributed by atoms with Crippen LogP contribution in [0, 0.1) is 10.1 Å². The molecule has 134 valence electrons. The molecule has 1 aliphatic rings. The van der Waals surface area contributed by atoms with Crippen molar-refractivity contribution in [1.29, 1.82) is 0 Å². The van der Waals surface area contributed by atoms with E-state index in [9.17, 15) is 14.9 Å². The largest absolute Gasteiger partial charge is 0.508 e. The van der Waals surface area contributed by atoms with Crippen LogP contribution in [0.5, 0.6) is 5.75 Å². The molecule has 1 fully saturated rings. The summed E-state index contributed by atoms with van der Waals surface area (Å²) < 4.78 is 16.0. The quantitative estimate of drug-likeness (QED) is 0.170. The van der Waals surface area contributed by atoms with Gasteiger partial charge in [-0.3, -0.25) is 18.5 Å². The lowest BCUT2D eigenvalue weighted by Crippen LogP contribution is -2.42. The Balaban J connectivity index is 0.000000254. The van der Waals surface area contributed by atoms with Crippen LogP contribution in [0.2, 0.25) is 0 Å². The van der Waals surface area contributed by atoms with E-state index in [0.717, 1.165) is 6.29 Å². The summed E-state index contributed by atoms with van der Waals surface area (Å²) in [5.74, 6) is 0.0330. The van der Waals surface area contributed by atoms with E-state index in [1.54, 1.807) is 0 Å². The topological polar surface area (TPSA) is 108 Å². The lowest BCUT2D eigenvalue weighted by atomic mass is 10.1. The second-order valence-corrected chi connectivity index (χ2v) is 7.21. The monoisotopic (exact) mass is 601 g/mol. The number of carbonyl (C=O) groups is 1. The Hall–Kier alpha value is 0.130. The lowest BCUT2D eigenvalue weighted by molar-refractivity contribution is -0.384. The molecule has 1 saturated heterocycles. The van der Waals surface area contributed by atoms with Crippen molar-refractivity contribution >= 4 is 72.8 Å². The van der Waals surface area contributed by atoms with Crippen LogP contribution in [0.25, 0.3) is 0 Å². The molecule has 0 aliphatic carbocycles. The number of phenols is 1. The summed E-state index contributed by atoms with van der Waals surface area (Å²) in [6.07, 6.45) is 0.823. The SMILES string of the molecule is O=CC1CC(OSI)C(OSI)CO1.O=[N+]([O-])c1ccc(O)cc1. The van der Waals surface area contributed by atoms with Gasteiger partial charge in [-0.1, -0.05) is 0 Å². The number of carbonyl (C=O) groups excluding carboxylic acids is 1. The standard InChI is InChI=1S/C6H8I2O4S2.C6H5NO3/c7-13-11-5-1-4(2-9)10-3-6(5)12-14-8;8-6-3-1-5(2-4-6)7(9)10/h2,4-6H,1,3H2;1-4,8H. The summed E-state index contributed by atoms with van der Waals surface area (Å²) in [4.78, 5) is 20.1. The number of rotatable bonds is 6. The minimum Gasteiger partial charge on any atom is -0.508 e. The van der Waals surface area contributed by atoms with Gasteiger partial charge in [0, 0.05) is 61.0 Å².